The van der Waals surface area contributed by atoms with Crippen molar-refractivity contribution >= 4 is 16.6 Å². The van der Waals surface area contributed by atoms with Gasteiger partial charge in [0.15, 0.2) is 0 Å². The van der Waals surface area contributed by atoms with Gasteiger partial charge in [0, 0.05) is 22.8 Å². The monoisotopic (exact) mass is 354 g/mol. The highest BCUT2D eigenvalue weighted by molar-refractivity contribution is 5.86. The van der Waals surface area contributed by atoms with Crippen molar-refractivity contribution in [1.82, 2.24) is 4.98 Å². The third kappa shape index (κ3) is 3.36. The lowest BCUT2D eigenvalue weighted by molar-refractivity contribution is 0.472. The number of anilines is 1. The molecule has 0 amide bonds. The van der Waals surface area contributed by atoms with Crippen molar-refractivity contribution < 1.29 is 5.11 Å². The summed E-state index contributed by atoms with van der Waals surface area (Å²) in [7, 11) is 0. The molecule has 0 bridgehead atoms. The number of rotatable bonds is 5. The molecule has 0 saturated heterocycles. The van der Waals surface area contributed by atoms with Crippen molar-refractivity contribution in [3.8, 4) is 5.75 Å². The molecule has 0 aliphatic heterocycles. The first-order chi connectivity index (χ1) is 13.3. The van der Waals surface area contributed by atoms with E-state index in [2.05, 4.69) is 47.6 Å². The highest BCUT2D eigenvalue weighted by Crippen LogP contribution is 2.36. The van der Waals surface area contributed by atoms with Crippen LogP contribution in [-0.2, 0) is 6.42 Å². The number of nitrogens with one attached hydrogen (secondary N) is 1. The molecule has 0 radical (unpaired) electrons. The summed E-state index contributed by atoms with van der Waals surface area (Å²) in [5.74, 6) is 0.225. The molecule has 134 valence electrons. The molecule has 4 rings (SSSR count). The molecular weight excluding hydrogens is 332 g/mol. The molecule has 4 aromatic rings. The van der Waals surface area contributed by atoms with E-state index in [4.69, 9.17) is 0 Å². The number of para-hydroxylation sites is 1. The molecule has 2 N–H and O–H groups in total. The molecule has 1 atom stereocenters. The van der Waals surface area contributed by atoms with Crippen LogP contribution in [0.5, 0.6) is 5.75 Å². The summed E-state index contributed by atoms with van der Waals surface area (Å²) in [6.45, 7) is 2.15. The Balaban J connectivity index is 1.85. The van der Waals surface area contributed by atoms with Crippen LogP contribution in [0.1, 0.15) is 29.7 Å². The Morgan fingerprint density at radius 3 is 2.48 bits per heavy atom. The van der Waals surface area contributed by atoms with Crippen LogP contribution in [0.4, 0.5) is 5.69 Å². The van der Waals surface area contributed by atoms with Gasteiger partial charge < -0.3 is 10.4 Å². The lowest BCUT2D eigenvalue weighted by Gasteiger charge is -2.24. The summed E-state index contributed by atoms with van der Waals surface area (Å²) >= 11 is 0. The molecule has 3 aromatic carbocycles. The van der Waals surface area contributed by atoms with Crippen LogP contribution < -0.4 is 5.32 Å². The van der Waals surface area contributed by atoms with Gasteiger partial charge in [-0.05, 0) is 29.7 Å². The molecule has 0 aliphatic rings. The first-order valence-corrected chi connectivity index (χ1v) is 9.24. The van der Waals surface area contributed by atoms with E-state index in [-0.39, 0.29) is 11.8 Å². The summed E-state index contributed by atoms with van der Waals surface area (Å²) in [5.41, 5.74) is 4.86. The van der Waals surface area contributed by atoms with Crippen molar-refractivity contribution in [1.29, 1.82) is 0 Å². The number of aromatic nitrogens is 1. The van der Waals surface area contributed by atoms with Crippen molar-refractivity contribution in [2.75, 3.05) is 5.32 Å². The minimum atomic E-state index is -0.176. The fourth-order valence-corrected chi connectivity index (χ4v) is 3.49. The maximum absolute atomic E-state index is 11.0. The fourth-order valence-electron chi connectivity index (χ4n) is 3.49. The standard InChI is InChI=1S/C24H22N2O/c1-2-17-9-6-7-13-21(17)26-22(18-10-4-3-5-11-18)20-15-14-19-12-8-16-25-23(19)24(20)27/h3-16,22,26-27H,2H2,1H3. The number of aromatic hydroxyl groups is 1. The first-order valence-electron chi connectivity index (χ1n) is 9.24. The van der Waals surface area contributed by atoms with Crippen LogP contribution >= 0.6 is 0 Å². The number of hydrogen-bond donors (Lipinski definition) is 2. The fraction of sp³-hybridized carbons (Fsp3) is 0.125. The van der Waals surface area contributed by atoms with Crippen molar-refractivity contribution in [3.05, 3.63) is 102 Å². The first kappa shape index (κ1) is 17.1. The summed E-state index contributed by atoms with van der Waals surface area (Å²) in [4.78, 5) is 4.38. The van der Waals surface area contributed by atoms with Crippen LogP contribution in [0.3, 0.4) is 0 Å². The van der Waals surface area contributed by atoms with E-state index >= 15 is 0 Å². The van der Waals surface area contributed by atoms with Crippen LogP contribution in [0.2, 0.25) is 0 Å². The molecule has 0 aliphatic carbocycles. The summed E-state index contributed by atoms with van der Waals surface area (Å²) in [6, 6.07) is 26.2. The van der Waals surface area contributed by atoms with E-state index in [0.29, 0.717) is 5.52 Å². The average Bonchev–Trinajstić information content (AvgIpc) is 2.74. The molecule has 3 nitrogen and oxygen atoms in total. The molecule has 27 heavy (non-hydrogen) atoms. The smallest absolute Gasteiger partial charge is 0.147 e. The maximum atomic E-state index is 11.0. The molecule has 0 saturated carbocycles. The number of fused-ring (bicyclic) bond motifs is 1. The zero-order valence-corrected chi connectivity index (χ0v) is 15.3. The van der Waals surface area contributed by atoms with Crippen LogP contribution in [0.15, 0.2) is 85.1 Å². The third-order valence-corrected chi connectivity index (χ3v) is 4.92. The van der Waals surface area contributed by atoms with Crippen molar-refractivity contribution in [2.45, 2.75) is 19.4 Å². The predicted octanol–water partition coefficient (Wildman–Crippen LogP) is 5.70. The Kier molecular flexibility index (Phi) is 4.75. The van der Waals surface area contributed by atoms with Crippen LogP contribution in [0.25, 0.3) is 10.9 Å². The molecule has 1 heterocycles. The Morgan fingerprint density at radius 1 is 0.889 bits per heavy atom. The third-order valence-electron chi connectivity index (χ3n) is 4.92. The number of phenolic OH excluding ortho intramolecular Hbond substituents is 1. The SMILES string of the molecule is CCc1ccccc1NC(c1ccccc1)c1ccc2cccnc2c1O. The zero-order chi connectivity index (χ0) is 18.6. The van der Waals surface area contributed by atoms with E-state index in [1.165, 1.54) is 5.56 Å². The lowest BCUT2D eigenvalue weighted by atomic mass is 9.95. The van der Waals surface area contributed by atoms with E-state index in [0.717, 1.165) is 28.6 Å². The van der Waals surface area contributed by atoms with Gasteiger partial charge in [-0.1, -0.05) is 73.7 Å². The molecule has 1 aromatic heterocycles. The van der Waals surface area contributed by atoms with Gasteiger partial charge in [0.05, 0.1) is 6.04 Å². The molecule has 3 heteroatoms. The van der Waals surface area contributed by atoms with Gasteiger partial charge in [-0.25, -0.2) is 0 Å². The van der Waals surface area contributed by atoms with Crippen molar-refractivity contribution in [2.24, 2.45) is 0 Å². The molecule has 1 unspecified atom stereocenters. The average molecular weight is 354 g/mol. The molecule has 0 fully saturated rings. The van der Waals surface area contributed by atoms with E-state index in [1.54, 1.807) is 6.20 Å². The van der Waals surface area contributed by atoms with E-state index in [9.17, 15) is 5.11 Å². The molecule has 0 spiro atoms. The highest BCUT2D eigenvalue weighted by Gasteiger charge is 2.20. The zero-order valence-electron chi connectivity index (χ0n) is 15.3. The Morgan fingerprint density at radius 2 is 1.67 bits per heavy atom. The van der Waals surface area contributed by atoms with E-state index in [1.807, 2.05) is 48.5 Å². The second kappa shape index (κ2) is 7.50. The number of phenols is 1. The maximum Gasteiger partial charge on any atom is 0.147 e. The minimum Gasteiger partial charge on any atom is -0.505 e. The van der Waals surface area contributed by atoms with Gasteiger partial charge >= 0.3 is 0 Å². The Bertz CT molecular complexity index is 1060. The van der Waals surface area contributed by atoms with Gasteiger partial charge in [0.25, 0.3) is 0 Å². The summed E-state index contributed by atoms with van der Waals surface area (Å²) in [5, 5.41) is 15.6. The Hall–Kier alpha value is -3.33. The quantitative estimate of drug-likeness (QED) is 0.483. The van der Waals surface area contributed by atoms with Gasteiger partial charge in [0.1, 0.15) is 11.3 Å². The summed E-state index contributed by atoms with van der Waals surface area (Å²) in [6.07, 6.45) is 2.65. The van der Waals surface area contributed by atoms with Gasteiger partial charge in [-0.3, -0.25) is 4.98 Å². The second-order valence-electron chi connectivity index (χ2n) is 6.58. The Labute approximate surface area is 159 Å². The van der Waals surface area contributed by atoms with E-state index < -0.39 is 0 Å². The number of pyridine rings is 1. The predicted molar refractivity (Wildman–Crippen MR) is 111 cm³/mol. The summed E-state index contributed by atoms with van der Waals surface area (Å²) < 4.78 is 0. The van der Waals surface area contributed by atoms with Gasteiger partial charge in [-0.15, -0.1) is 0 Å². The number of aryl methyl sites for hydroxylation is 1. The number of benzene rings is 3. The highest BCUT2D eigenvalue weighted by atomic mass is 16.3. The van der Waals surface area contributed by atoms with Crippen LogP contribution in [0, 0.1) is 0 Å². The van der Waals surface area contributed by atoms with Crippen molar-refractivity contribution in [3.63, 3.8) is 0 Å². The topological polar surface area (TPSA) is 45.2 Å². The lowest BCUT2D eigenvalue weighted by Crippen LogP contribution is -2.14. The van der Waals surface area contributed by atoms with Crippen LogP contribution in [-0.4, -0.2) is 10.1 Å². The number of nitrogens with zero attached hydrogens (tertiary/aromatic N) is 1. The minimum absolute atomic E-state index is 0.176. The van der Waals surface area contributed by atoms with Gasteiger partial charge in [-0.2, -0.15) is 0 Å². The molecular formula is C24H22N2O. The van der Waals surface area contributed by atoms with Gasteiger partial charge in [0.2, 0.25) is 0 Å². The largest absolute Gasteiger partial charge is 0.505 e. The normalized spacial score (nSPS) is 12.0. The number of hydrogen-bond acceptors (Lipinski definition) is 3. The second-order valence-corrected chi connectivity index (χ2v) is 6.58.